The van der Waals surface area contributed by atoms with E-state index in [9.17, 15) is 9.59 Å². The van der Waals surface area contributed by atoms with Crippen LogP contribution in [0.2, 0.25) is 0 Å². The summed E-state index contributed by atoms with van der Waals surface area (Å²) in [6.45, 7) is 4.25. The molecular formula is C17H23NO4. The lowest BCUT2D eigenvalue weighted by molar-refractivity contribution is -0.143. The number of carboxylic acids is 1. The van der Waals surface area contributed by atoms with Gasteiger partial charge in [0.2, 0.25) is 5.91 Å². The quantitative estimate of drug-likeness (QED) is 0.905. The van der Waals surface area contributed by atoms with E-state index in [1.807, 2.05) is 38.1 Å². The molecule has 1 fully saturated rings. The molecular weight excluding hydrogens is 282 g/mol. The maximum atomic E-state index is 12.6. The number of carboxylic acid groups (broad SMARTS) is 1. The molecule has 1 saturated heterocycles. The van der Waals surface area contributed by atoms with Crippen LogP contribution in [0.25, 0.3) is 0 Å². The average Bonchev–Trinajstić information content (AvgIpc) is 2.89. The maximum absolute atomic E-state index is 12.6. The summed E-state index contributed by atoms with van der Waals surface area (Å²) < 4.78 is 5.12. The fourth-order valence-corrected chi connectivity index (χ4v) is 3.07. The van der Waals surface area contributed by atoms with E-state index in [0.29, 0.717) is 19.4 Å². The molecule has 1 aromatic rings. The third-order valence-electron chi connectivity index (χ3n) is 4.48. The predicted molar refractivity (Wildman–Crippen MR) is 82.8 cm³/mol. The summed E-state index contributed by atoms with van der Waals surface area (Å²) in [7, 11) is 1.62. The van der Waals surface area contributed by atoms with Crippen LogP contribution in [0.15, 0.2) is 24.3 Å². The number of aliphatic carboxylic acids is 1. The number of nitrogens with zero attached hydrogens (tertiary/aromatic N) is 1. The van der Waals surface area contributed by atoms with Gasteiger partial charge in [-0.1, -0.05) is 19.1 Å². The van der Waals surface area contributed by atoms with Crippen LogP contribution in [0, 0.1) is 11.8 Å². The van der Waals surface area contributed by atoms with E-state index in [-0.39, 0.29) is 17.9 Å². The average molecular weight is 305 g/mol. The van der Waals surface area contributed by atoms with Crippen LogP contribution in [0.5, 0.6) is 5.75 Å². The van der Waals surface area contributed by atoms with Crippen molar-refractivity contribution < 1.29 is 19.4 Å². The smallest absolute Gasteiger partial charge is 0.308 e. The van der Waals surface area contributed by atoms with Gasteiger partial charge in [-0.3, -0.25) is 9.59 Å². The van der Waals surface area contributed by atoms with Gasteiger partial charge in [-0.2, -0.15) is 0 Å². The Kier molecular flexibility index (Phi) is 5.06. The highest BCUT2D eigenvalue weighted by Crippen LogP contribution is 2.26. The van der Waals surface area contributed by atoms with Crippen molar-refractivity contribution in [3.8, 4) is 5.75 Å². The van der Waals surface area contributed by atoms with Crippen LogP contribution in [-0.4, -0.2) is 41.6 Å². The second-order valence-electron chi connectivity index (χ2n) is 5.96. The van der Waals surface area contributed by atoms with Crippen molar-refractivity contribution in [3.63, 3.8) is 0 Å². The molecule has 22 heavy (non-hydrogen) atoms. The van der Waals surface area contributed by atoms with E-state index >= 15 is 0 Å². The van der Waals surface area contributed by atoms with Gasteiger partial charge < -0.3 is 14.7 Å². The van der Waals surface area contributed by atoms with Crippen molar-refractivity contribution in [1.82, 2.24) is 4.90 Å². The topological polar surface area (TPSA) is 66.8 Å². The van der Waals surface area contributed by atoms with Crippen molar-refractivity contribution in [2.24, 2.45) is 11.8 Å². The van der Waals surface area contributed by atoms with Gasteiger partial charge in [0.25, 0.3) is 0 Å². The van der Waals surface area contributed by atoms with Crippen LogP contribution >= 0.6 is 0 Å². The SMILES string of the molecule is COc1ccc(CC(C)C(=O)N2CCC(C(=O)O)C2C)cc1. The molecule has 5 heteroatoms. The Morgan fingerprint density at radius 3 is 2.50 bits per heavy atom. The zero-order chi connectivity index (χ0) is 16.3. The van der Waals surface area contributed by atoms with Crippen LogP contribution in [-0.2, 0) is 16.0 Å². The van der Waals surface area contributed by atoms with E-state index in [2.05, 4.69) is 0 Å². The van der Waals surface area contributed by atoms with Gasteiger partial charge in [0, 0.05) is 18.5 Å². The van der Waals surface area contributed by atoms with Gasteiger partial charge in [0.15, 0.2) is 0 Å². The summed E-state index contributed by atoms with van der Waals surface area (Å²) in [5.41, 5.74) is 1.07. The molecule has 120 valence electrons. The molecule has 0 bridgehead atoms. The zero-order valence-electron chi connectivity index (χ0n) is 13.3. The number of carbonyl (C=O) groups is 2. The van der Waals surface area contributed by atoms with Crippen molar-refractivity contribution in [3.05, 3.63) is 29.8 Å². The number of hydrogen-bond donors (Lipinski definition) is 1. The molecule has 1 aliphatic heterocycles. The van der Waals surface area contributed by atoms with Crippen LogP contribution in [0.1, 0.15) is 25.8 Å². The molecule has 1 N–H and O–H groups in total. The molecule has 1 aliphatic rings. The fourth-order valence-electron chi connectivity index (χ4n) is 3.07. The minimum Gasteiger partial charge on any atom is -0.497 e. The molecule has 0 saturated carbocycles. The largest absolute Gasteiger partial charge is 0.497 e. The minimum absolute atomic E-state index is 0.0343. The van der Waals surface area contributed by atoms with Crippen molar-refractivity contribution in [2.45, 2.75) is 32.7 Å². The number of hydrogen-bond acceptors (Lipinski definition) is 3. The van der Waals surface area contributed by atoms with Crippen molar-refractivity contribution in [1.29, 1.82) is 0 Å². The van der Waals surface area contributed by atoms with Crippen molar-refractivity contribution in [2.75, 3.05) is 13.7 Å². The Balaban J connectivity index is 1.98. The van der Waals surface area contributed by atoms with Gasteiger partial charge in [0.05, 0.1) is 13.0 Å². The molecule has 1 amide bonds. The second-order valence-corrected chi connectivity index (χ2v) is 5.96. The van der Waals surface area contributed by atoms with Gasteiger partial charge in [-0.25, -0.2) is 0 Å². The Labute approximate surface area is 130 Å². The number of amides is 1. The van der Waals surface area contributed by atoms with Crippen molar-refractivity contribution >= 4 is 11.9 Å². The monoisotopic (exact) mass is 305 g/mol. The third kappa shape index (κ3) is 3.40. The lowest BCUT2D eigenvalue weighted by Crippen LogP contribution is -2.40. The van der Waals surface area contributed by atoms with Crippen LogP contribution < -0.4 is 4.74 Å². The molecule has 1 aromatic carbocycles. The number of carbonyl (C=O) groups excluding carboxylic acids is 1. The molecule has 3 atom stereocenters. The maximum Gasteiger partial charge on any atom is 0.308 e. The summed E-state index contributed by atoms with van der Waals surface area (Å²) in [5, 5.41) is 9.16. The Morgan fingerprint density at radius 1 is 1.36 bits per heavy atom. The van der Waals surface area contributed by atoms with E-state index in [0.717, 1.165) is 11.3 Å². The highest BCUT2D eigenvalue weighted by molar-refractivity contribution is 5.81. The molecule has 0 spiro atoms. The number of benzene rings is 1. The normalized spacial score (nSPS) is 22.4. The van der Waals surface area contributed by atoms with Crippen LogP contribution in [0.3, 0.4) is 0 Å². The summed E-state index contributed by atoms with van der Waals surface area (Å²) in [6, 6.07) is 7.44. The first-order valence-electron chi connectivity index (χ1n) is 7.60. The number of likely N-dealkylation sites (tertiary alicyclic amines) is 1. The van der Waals surface area contributed by atoms with Gasteiger partial charge in [-0.15, -0.1) is 0 Å². The second kappa shape index (κ2) is 6.81. The van der Waals surface area contributed by atoms with Gasteiger partial charge >= 0.3 is 5.97 Å². The van der Waals surface area contributed by atoms with Crippen LogP contribution in [0.4, 0.5) is 0 Å². The summed E-state index contributed by atoms with van der Waals surface area (Å²) in [4.78, 5) is 25.4. The highest BCUT2D eigenvalue weighted by atomic mass is 16.5. The lowest BCUT2D eigenvalue weighted by Gasteiger charge is -2.26. The Hall–Kier alpha value is -2.04. The Morgan fingerprint density at radius 2 is 2.00 bits per heavy atom. The molecule has 0 aliphatic carbocycles. The standard InChI is InChI=1S/C17H23NO4/c1-11(10-13-4-6-14(22-3)7-5-13)16(19)18-9-8-15(12(18)2)17(20)21/h4-7,11-12,15H,8-10H2,1-3H3,(H,20,21). The first kappa shape index (κ1) is 16.3. The summed E-state index contributed by atoms with van der Waals surface area (Å²) in [5.74, 6) is -0.599. The molecule has 3 unspecified atom stereocenters. The molecule has 1 heterocycles. The first-order chi connectivity index (χ1) is 10.4. The molecule has 0 aromatic heterocycles. The highest BCUT2D eigenvalue weighted by Gasteiger charge is 2.39. The summed E-state index contributed by atoms with van der Waals surface area (Å²) in [6.07, 6.45) is 1.18. The summed E-state index contributed by atoms with van der Waals surface area (Å²) >= 11 is 0. The number of methoxy groups -OCH3 is 1. The van der Waals surface area contributed by atoms with Gasteiger partial charge in [0.1, 0.15) is 5.75 Å². The number of rotatable bonds is 5. The minimum atomic E-state index is -0.814. The molecule has 5 nitrogen and oxygen atoms in total. The lowest BCUT2D eigenvalue weighted by atomic mass is 9.98. The molecule has 0 radical (unpaired) electrons. The predicted octanol–water partition coefficient (Wildman–Crippen LogP) is 2.20. The Bertz CT molecular complexity index is 540. The van der Waals surface area contributed by atoms with Gasteiger partial charge in [-0.05, 0) is 37.5 Å². The third-order valence-corrected chi connectivity index (χ3v) is 4.48. The fraction of sp³-hybridized carbons (Fsp3) is 0.529. The van der Waals surface area contributed by atoms with E-state index in [1.165, 1.54) is 0 Å². The zero-order valence-corrected chi connectivity index (χ0v) is 13.3. The van der Waals surface area contributed by atoms with E-state index in [4.69, 9.17) is 9.84 Å². The first-order valence-corrected chi connectivity index (χ1v) is 7.60. The van der Waals surface area contributed by atoms with E-state index in [1.54, 1.807) is 12.0 Å². The molecule has 2 rings (SSSR count). The van der Waals surface area contributed by atoms with E-state index < -0.39 is 11.9 Å². The number of ether oxygens (including phenoxy) is 1.